The number of guanidine groups is 1. The number of fused-ring (bicyclic) bond motifs is 7. The summed E-state index contributed by atoms with van der Waals surface area (Å²) >= 11 is 0. The molecule has 4 aliphatic rings. The number of phenols is 1. The van der Waals surface area contributed by atoms with Crippen molar-refractivity contribution in [3.05, 3.63) is 64.2 Å². The number of rotatable bonds is 11. The highest BCUT2D eigenvalue weighted by Crippen LogP contribution is 2.54. The summed E-state index contributed by atoms with van der Waals surface area (Å²) in [5.74, 6) is 7.48. The lowest BCUT2D eigenvalue weighted by Gasteiger charge is -2.38. The van der Waals surface area contributed by atoms with Crippen LogP contribution in [0.2, 0.25) is 0 Å². The predicted octanol–water partition coefficient (Wildman–Crippen LogP) is 8.09. The Balaban J connectivity index is 1.25. The molecular weight excluding hydrogens is 679 g/mol. The molecule has 1 fully saturated rings. The van der Waals surface area contributed by atoms with E-state index in [9.17, 15) is 10.2 Å². The van der Waals surface area contributed by atoms with Gasteiger partial charge in [-0.15, -0.1) is 0 Å². The molecule has 2 aliphatic carbocycles. The van der Waals surface area contributed by atoms with E-state index < -0.39 is 12.2 Å². The normalized spacial score (nSPS) is 23.8. The monoisotopic (exact) mass is 735 g/mol. The van der Waals surface area contributed by atoms with E-state index in [1.54, 1.807) is 7.11 Å². The third kappa shape index (κ3) is 7.82. The Kier molecular flexibility index (Phi) is 11.5. The third-order valence-electron chi connectivity index (χ3n) is 11.9. The van der Waals surface area contributed by atoms with Crippen molar-refractivity contribution in [3.63, 3.8) is 0 Å². The van der Waals surface area contributed by atoms with Crippen molar-refractivity contribution in [2.45, 2.75) is 122 Å². The van der Waals surface area contributed by atoms with Crippen molar-refractivity contribution >= 4 is 5.96 Å². The average Bonchev–Trinajstić information content (AvgIpc) is 3.23. The van der Waals surface area contributed by atoms with Gasteiger partial charge in [0.25, 0.3) is 0 Å². The van der Waals surface area contributed by atoms with E-state index in [-0.39, 0.29) is 29.8 Å². The molecule has 6 N–H and O–H groups in total. The molecule has 9 heteroatoms. The number of aliphatic imine (C=N–C) groups is 1. The van der Waals surface area contributed by atoms with Crippen molar-refractivity contribution in [3.8, 4) is 51.9 Å². The number of ether oxygens (including phenoxy) is 4. The van der Waals surface area contributed by atoms with Crippen LogP contribution in [0, 0.1) is 29.8 Å². The van der Waals surface area contributed by atoms with E-state index in [1.807, 2.05) is 30.3 Å². The lowest BCUT2D eigenvalue weighted by Crippen LogP contribution is -2.38. The molecule has 0 saturated heterocycles. The van der Waals surface area contributed by atoms with Crippen LogP contribution in [0.25, 0.3) is 11.1 Å². The Labute approximate surface area is 320 Å². The number of hydrogen-bond donors (Lipinski definition) is 4. The molecule has 6 atom stereocenters. The molecule has 9 nitrogen and oxygen atoms in total. The quantitative estimate of drug-likeness (QED) is 0.0670. The van der Waals surface area contributed by atoms with Gasteiger partial charge in [-0.1, -0.05) is 58.4 Å². The zero-order valence-electron chi connectivity index (χ0n) is 32.3. The summed E-state index contributed by atoms with van der Waals surface area (Å²) < 4.78 is 25.8. The Morgan fingerprint density at radius 3 is 2.65 bits per heavy atom. The molecular formula is C45H57N3O6. The number of aliphatic hydroxyl groups is 1. The second kappa shape index (κ2) is 16.4. The highest BCUT2D eigenvalue weighted by atomic mass is 16.5. The van der Waals surface area contributed by atoms with Gasteiger partial charge < -0.3 is 40.6 Å². The van der Waals surface area contributed by atoms with Crippen LogP contribution in [-0.2, 0) is 19.3 Å². The van der Waals surface area contributed by atoms with E-state index in [1.165, 1.54) is 5.56 Å². The second-order valence-corrected chi connectivity index (χ2v) is 16.2. The predicted molar refractivity (Wildman–Crippen MR) is 212 cm³/mol. The molecule has 288 valence electrons. The summed E-state index contributed by atoms with van der Waals surface area (Å²) in [5, 5.41) is 23.1. The minimum absolute atomic E-state index is 0.0675. The summed E-state index contributed by atoms with van der Waals surface area (Å²) in [7, 11) is 1.72. The van der Waals surface area contributed by atoms with Crippen LogP contribution in [0.4, 0.5) is 0 Å². The van der Waals surface area contributed by atoms with E-state index in [0.717, 1.165) is 109 Å². The summed E-state index contributed by atoms with van der Waals surface area (Å²) in [5.41, 5.74) is 18.6. The molecule has 0 spiro atoms. The number of hydrogen-bond acceptors (Lipinski definition) is 7. The third-order valence-corrected chi connectivity index (χ3v) is 11.9. The maximum atomic E-state index is 12.0. The highest BCUT2D eigenvalue weighted by Gasteiger charge is 2.40. The molecule has 1 saturated carbocycles. The Bertz CT molecular complexity index is 1920. The van der Waals surface area contributed by atoms with Gasteiger partial charge >= 0.3 is 0 Å². The average molecular weight is 736 g/mol. The zero-order valence-corrected chi connectivity index (χ0v) is 32.3. The fourth-order valence-corrected chi connectivity index (χ4v) is 9.38. The van der Waals surface area contributed by atoms with Crippen LogP contribution in [-0.4, -0.2) is 42.0 Å². The van der Waals surface area contributed by atoms with Crippen molar-refractivity contribution < 1.29 is 29.2 Å². The number of benzene rings is 3. The molecule has 0 amide bonds. The number of nitrogens with two attached hydrogens (primary N) is 2. The van der Waals surface area contributed by atoms with E-state index in [2.05, 4.69) is 43.9 Å². The number of aliphatic hydroxyl groups excluding tert-OH is 1. The highest BCUT2D eigenvalue weighted by molar-refractivity contribution is 5.83. The number of aromatic hydroxyl groups is 1. The van der Waals surface area contributed by atoms with E-state index in [4.69, 9.17) is 30.4 Å². The van der Waals surface area contributed by atoms with Crippen LogP contribution < -0.4 is 30.4 Å². The molecule has 7 rings (SSSR count). The van der Waals surface area contributed by atoms with Crippen molar-refractivity contribution in [2.24, 2.45) is 34.2 Å². The molecule has 0 unspecified atom stereocenters. The van der Waals surface area contributed by atoms with Gasteiger partial charge in [-0.25, -0.2) is 0 Å². The van der Waals surface area contributed by atoms with Crippen LogP contribution in [0.3, 0.4) is 0 Å². The van der Waals surface area contributed by atoms with E-state index in [0.29, 0.717) is 42.6 Å². The lowest BCUT2D eigenvalue weighted by atomic mass is 9.72. The minimum Gasteiger partial charge on any atom is -0.508 e. The second-order valence-electron chi connectivity index (χ2n) is 16.2. The molecule has 54 heavy (non-hydrogen) atoms. The van der Waals surface area contributed by atoms with Gasteiger partial charge in [0.05, 0.1) is 13.2 Å². The van der Waals surface area contributed by atoms with Crippen molar-refractivity contribution in [1.82, 2.24) is 0 Å². The summed E-state index contributed by atoms with van der Waals surface area (Å²) in [4.78, 5) is 4.25. The van der Waals surface area contributed by atoms with Gasteiger partial charge in [0.15, 0.2) is 17.5 Å². The van der Waals surface area contributed by atoms with Gasteiger partial charge in [-0.2, -0.15) is 0 Å². The first-order valence-corrected chi connectivity index (χ1v) is 20.1. The fraction of sp³-hybridized carbons (Fsp3) is 0.533. The first-order chi connectivity index (χ1) is 26.1. The number of unbranched alkanes of at least 4 members (excludes halogenated alkanes) is 2. The smallest absolute Gasteiger partial charge is 0.185 e. The largest absolute Gasteiger partial charge is 0.508 e. The van der Waals surface area contributed by atoms with Gasteiger partial charge in [-0.3, -0.25) is 4.99 Å². The topological polar surface area (TPSA) is 142 Å². The Morgan fingerprint density at radius 1 is 1.02 bits per heavy atom. The van der Waals surface area contributed by atoms with Crippen LogP contribution in [0.15, 0.2) is 41.4 Å². The number of phenolic OH excluding ortho intramolecular Hbond substituents is 1. The zero-order chi connectivity index (χ0) is 37.9. The van der Waals surface area contributed by atoms with Crippen LogP contribution in [0.5, 0.6) is 28.7 Å². The lowest BCUT2D eigenvalue weighted by molar-refractivity contribution is 0.0189. The SMILES string of the molecule is CCCCC[C@@H]1Cc2cc(O)c(CC(C)C)cc2-c2c(OC)cc3c(c21)C[C@@H](O)[C@H](c1ccc2c(c1)O[C@@H]1[C@@H](CCN=C(N)N)CCC[C@@H]1CC#CO2)O3. The van der Waals surface area contributed by atoms with Gasteiger partial charge in [0.1, 0.15) is 35.6 Å². The maximum Gasteiger partial charge on any atom is 0.185 e. The van der Waals surface area contributed by atoms with Gasteiger partial charge in [0.2, 0.25) is 0 Å². The van der Waals surface area contributed by atoms with Gasteiger partial charge in [0, 0.05) is 42.5 Å². The first kappa shape index (κ1) is 37.8. The standard InChI is InChI=1S/C45H57N3O6/c1-5-6-7-10-29-20-31-22-35(49)32(19-26(2)3)21-33(31)42-40(51-4)25-38-34(41(29)42)24-36(50)44(53-38)30-14-15-37-39(23-30)54-43-27(13-9-18-52-37)11-8-12-28(43)16-17-48-45(46)47/h14-15,21-23,25-29,36,43-44,49-50H,5-8,10-13,16-17,19-20,24H2,1-4H3,(H4,46,47,48)/t27-,28-,29-,36-,43+,44+/m1/s1. The summed E-state index contributed by atoms with van der Waals surface area (Å²) in [6.07, 6.45) is 12.5. The molecule has 0 bridgehead atoms. The molecule has 2 heterocycles. The van der Waals surface area contributed by atoms with Crippen molar-refractivity contribution in [2.75, 3.05) is 13.7 Å². The molecule has 0 radical (unpaired) electrons. The minimum atomic E-state index is -0.797. The molecule has 3 aromatic carbocycles. The maximum absolute atomic E-state index is 12.0. The summed E-state index contributed by atoms with van der Waals surface area (Å²) in [6.45, 7) is 7.12. The van der Waals surface area contributed by atoms with E-state index >= 15 is 0 Å². The summed E-state index contributed by atoms with van der Waals surface area (Å²) in [6, 6.07) is 11.9. The first-order valence-electron chi connectivity index (χ1n) is 20.1. The molecule has 0 aromatic heterocycles. The molecule has 2 aliphatic heterocycles. The fourth-order valence-electron chi connectivity index (χ4n) is 9.38. The van der Waals surface area contributed by atoms with Crippen molar-refractivity contribution in [1.29, 1.82) is 0 Å². The Hall–Kier alpha value is -4.55. The molecule has 3 aromatic rings. The number of methoxy groups -OCH3 is 1. The number of nitrogens with zero attached hydrogens (tertiary/aromatic N) is 1. The Morgan fingerprint density at radius 2 is 1.87 bits per heavy atom. The van der Waals surface area contributed by atoms with Gasteiger partial charge in [-0.05, 0) is 108 Å². The van der Waals surface area contributed by atoms with Crippen LogP contribution in [0.1, 0.15) is 118 Å². The van der Waals surface area contributed by atoms with Crippen LogP contribution >= 0.6 is 0 Å².